The molecule has 0 fully saturated rings. The van der Waals surface area contributed by atoms with E-state index >= 15 is 0 Å². The van der Waals surface area contributed by atoms with Crippen LogP contribution in [0.2, 0.25) is 10.0 Å². The third-order valence-corrected chi connectivity index (χ3v) is 3.98. The molecule has 1 aromatic rings. The Balaban J connectivity index is 0.00000220. The van der Waals surface area contributed by atoms with Gasteiger partial charge in [0.1, 0.15) is 0 Å². The van der Waals surface area contributed by atoms with Crippen molar-refractivity contribution in [3.8, 4) is 6.07 Å². The summed E-state index contributed by atoms with van der Waals surface area (Å²) in [6.45, 7) is 11.0. The number of allylic oxidation sites excluding steroid dienone is 3. The number of nitriles is 1. The second-order valence-electron chi connectivity index (χ2n) is 4.50. The molecule has 5 heteroatoms. The lowest BCUT2D eigenvalue weighted by molar-refractivity contribution is 0.810. The van der Waals surface area contributed by atoms with E-state index in [0.717, 1.165) is 17.0 Å². The molecule has 0 bridgehead atoms. The van der Waals surface area contributed by atoms with Crippen molar-refractivity contribution in [2.75, 3.05) is 0 Å². The van der Waals surface area contributed by atoms with E-state index in [9.17, 15) is 5.26 Å². The molecule has 0 radical (unpaired) electrons. The number of rotatable bonds is 1. The van der Waals surface area contributed by atoms with Crippen molar-refractivity contribution in [2.24, 2.45) is 0 Å². The summed E-state index contributed by atoms with van der Waals surface area (Å²) in [5.74, 6) is -0.395. The Morgan fingerprint density at radius 3 is 2.43 bits per heavy atom. The Kier molecular flexibility index (Phi) is 5.44. The second-order valence-corrected chi connectivity index (χ2v) is 5.32. The van der Waals surface area contributed by atoms with Gasteiger partial charge < -0.3 is 5.32 Å². The highest BCUT2D eigenvalue weighted by molar-refractivity contribution is 6.42. The SMILES string of the molecule is C.[C-]#[N+]C1=C(C)NC(C)=C(C#N)C1c1ccc(Cl)c(Cl)c1. The molecule has 0 aromatic heterocycles. The van der Waals surface area contributed by atoms with Crippen molar-refractivity contribution in [3.63, 3.8) is 0 Å². The molecule has 1 heterocycles. The van der Waals surface area contributed by atoms with Gasteiger partial charge in [0.25, 0.3) is 0 Å². The van der Waals surface area contributed by atoms with Crippen molar-refractivity contribution in [2.45, 2.75) is 27.2 Å². The molecule has 0 amide bonds. The Morgan fingerprint density at radius 2 is 1.90 bits per heavy atom. The first-order chi connectivity index (χ1) is 9.49. The maximum Gasteiger partial charge on any atom is 0.196 e. The molecule has 0 spiro atoms. The number of halogens is 2. The van der Waals surface area contributed by atoms with Crippen LogP contribution in [0.25, 0.3) is 4.85 Å². The lowest BCUT2D eigenvalue weighted by Crippen LogP contribution is -2.22. The van der Waals surface area contributed by atoms with E-state index in [1.165, 1.54) is 0 Å². The van der Waals surface area contributed by atoms with Gasteiger partial charge >= 0.3 is 0 Å². The molecule has 21 heavy (non-hydrogen) atoms. The van der Waals surface area contributed by atoms with Gasteiger partial charge in [0, 0.05) is 11.4 Å². The fourth-order valence-electron chi connectivity index (χ4n) is 2.30. The molecular weight excluding hydrogens is 305 g/mol. The van der Waals surface area contributed by atoms with Crippen LogP contribution in [0.5, 0.6) is 0 Å². The zero-order chi connectivity index (χ0) is 14.9. The lowest BCUT2D eigenvalue weighted by Gasteiger charge is -2.26. The average Bonchev–Trinajstić information content (AvgIpc) is 2.41. The molecular formula is C16H15Cl2N3. The van der Waals surface area contributed by atoms with Gasteiger partial charge in [0.2, 0.25) is 0 Å². The fourth-order valence-corrected chi connectivity index (χ4v) is 2.60. The van der Waals surface area contributed by atoms with E-state index in [4.69, 9.17) is 29.8 Å². The standard InChI is InChI=1S/C15H11Cl2N3.CH4/c1-8-11(7-18)14(15(19-3)9(2)20-8)10-4-5-12(16)13(17)6-10;/h4-6,14,20H,1-2H3;1H4. The predicted octanol–water partition coefficient (Wildman–Crippen LogP) is 5.26. The van der Waals surface area contributed by atoms with Crippen molar-refractivity contribution < 1.29 is 0 Å². The topological polar surface area (TPSA) is 40.2 Å². The van der Waals surface area contributed by atoms with Crippen LogP contribution < -0.4 is 5.32 Å². The molecule has 1 unspecified atom stereocenters. The maximum atomic E-state index is 9.38. The summed E-state index contributed by atoms with van der Waals surface area (Å²) >= 11 is 12.0. The highest BCUT2D eigenvalue weighted by atomic mass is 35.5. The quantitative estimate of drug-likeness (QED) is 0.717. The van der Waals surface area contributed by atoms with Gasteiger partial charge in [0.05, 0.1) is 34.2 Å². The van der Waals surface area contributed by atoms with E-state index in [0.29, 0.717) is 21.3 Å². The fraction of sp³-hybridized carbons (Fsp3) is 0.250. The van der Waals surface area contributed by atoms with E-state index in [-0.39, 0.29) is 7.43 Å². The van der Waals surface area contributed by atoms with Crippen molar-refractivity contribution in [1.82, 2.24) is 5.32 Å². The Morgan fingerprint density at radius 1 is 1.24 bits per heavy atom. The van der Waals surface area contributed by atoms with E-state index in [1.807, 2.05) is 13.8 Å². The largest absolute Gasteiger partial charge is 0.372 e. The monoisotopic (exact) mass is 319 g/mol. The van der Waals surface area contributed by atoms with Gasteiger partial charge in [-0.25, -0.2) is 4.85 Å². The first kappa shape index (κ1) is 17.1. The summed E-state index contributed by atoms with van der Waals surface area (Å²) in [6.07, 6.45) is 0. The normalized spacial score (nSPS) is 17.5. The van der Waals surface area contributed by atoms with Gasteiger partial charge in [-0.15, -0.1) is 0 Å². The molecule has 108 valence electrons. The smallest absolute Gasteiger partial charge is 0.196 e. The summed E-state index contributed by atoms with van der Waals surface area (Å²) in [6, 6.07) is 7.38. The molecule has 1 aliphatic heterocycles. The summed E-state index contributed by atoms with van der Waals surface area (Å²) in [5, 5.41) is 13.3. The Hall–Kier alpha value is -1.94. The maximum absolute atomic E-state index is 9.38. The summed E-state index contributed by atoms with van der Waals surface area (Å²) in [5.41, 5.74) is 3.34. The van der Waals surface area contributed by atoms with Crippen LogP contribution in [0.1, 0.15) is 32.8 Å². The lowest BCUT2D eigenvalue weighted by atomic mass is 9.85. The van der Waals surface area contributed by atoms with Gasteiger partial charge in [0.15, 0.2) is 5.70 Å². The highest BCUT2D eigenvalue weighted by Gasteiger charge is 2.30. The molecule has 0 saturated carbocycles. The van der Waals surface area contributed by atoms with Crippen LogP contribution >= 0.6 is 23.2 Å². The molecule has 0 aliphatic carbocycles. The van der Waals surface area contributed by atoms with Gasteiger partial charge in [-0.3, -0.25) is 0 Å². The number of nitrogens with zero attached hydrogens (tertiary/aromatic N) is 2. The molecule has 3 nitrogen and oxygen atoms in total. The molecule has 1 aliphatic rings. The van der Waals surface area contributed by atoms with Crippen molar-refractivity contribution >= 4 is 23.2 Å². The second kappa shape index (κ2) is 6.68. The van der Waals surface area contributed by atoms with Crippen LogP contribution in [0.4, 0.5) is 0 Å². The average molecular weight is 320 g/mol. The Bertz CT molecular complexity index is 682. The van der Waals surface area contributed by atoms with E-state index in [1.54, 1.807) is 18.2 Å². The third-order valence-electron chi connectivity index (χ3n) is 3.24. The van der Waals surface area contributed by atoms with Crippen LogP contribution in [0, 0.1) is 17.9 Å². The zero-order valence-electron chi connectivity index (χ0n) is 11.0. The van der Waals surface area contributed by atoms with Crippen LogP contribution in [-0.2, 0) is 0 Å². The molecule has 2 rings (SSSR count). The minimum Gasteiger partial charge on any atom is -0.372 e. The van der Waals surface area contributed by atoms with Crippen LogP contribution in [-0.4, -0.2) is 0 Å². The molecule has 1 atom stereocenters. The number of hydrogen-bond acceptors (Lipinski definition) is 2. The van der Waals surface area contributed by atoms with Crippen molar-refractivity contribution in [1.29, 1.82) is 5.26 Å². The van der Waals surface area contributed by atoms with E-state index in [2.05, 4.69) is 16.2 Å². The number of hydrogen-bond donors (Lipinski definition) is 1. The van der Waals surface area contributed by atoms with Crippen LogP contribution in [0.3, 0.4) is 0 Å². The first-order valence-electron chi connectivity index (χ1n) is 5.90. The summed E-state index contributed by atoms with van der Waals surface area (Å²) in [4.78, 5) is 3.58. The van der Waals surface area contributed by atoms with Crippen LogP contribution in [0.15, 0.2) is 40.9 Å². The van der Waals surface area contributed by atoms with Gasteiger partial charge in [-0.2, -0.15) is 5.26 Å². The molecule has 1 aromatic carbocycles. The Labute approximate surface area is 135 Å². The predicted molar refractivity (Wildman–Crippen MR) is 86.7 cm³/mol. The van der Waals surface area contributed by atoms with Gasteiger partial charge in [-0.05, 0) is 31.5 Å². The number of nitrogens with one attached hydrogen (secondary N) is 1. The summed E-state index contributed by atoms with van der Waals surface area (Å²) < 4.78 is 0. The van der Waals surface area contributed by atoms with Crippen molar-refractivity contribution in [3.05, 3.63) is 67.9 Å². The van der Waals surface area contributed by atoms with E-state index < -0.39 is 5.92 Å². The molecule has 0 saturated heterocycles. The van der Waals surface area contributed by atoms with Gasteiger partial charge in [-0.1, -0.05) is 36.7 Å². The number of benzene rings is 1. The zero-order valence-corrected chi connectivity index (χ0v) is 12.5. The third kappa shape index (κ3) is 3.05. The minimum absolute atomic E-state index is 0. The minimum atomic E-state index is -0.395. The summed E-state index contributed by atoms with van der Waals surface area (Å²) in [7, 11) is 0. The first-order valence-corrected chi connectivity index (χ1v) is 6.66. The number of dihydropyridines is 1. The highest BCUT2D eigenvalue weighted by Crippen LogP contribution is 2.39. The molecule has 1 N–H and O–H groups in total.